The molecule has 0 aliphatic heterocycles. The molecule has 0 bridgehead atoms. The van der Waals surface area contributed by atoms with Crippen molar-refractivity contribution < 1.29 is 27.4 Å². The zero-order valence-corrected chi connectivity index (χ0v) is 16.8. The second kappa shape index (κ2) is 8.41. The number of esters is 1. The third-order valence-electron chi connectivity index (χ3n) is 4.03. The van der Waals surface area contributed by atoms with Crippen molar-refractivity contribution in [3.63, 3.8) is 0 Å². The third kappa shape index (κ3) is 4.58. The van der Waals surface area contributed by atoms with Crippen molar-refractivity contribution in [3.05, 3.63) is 53.1 Å². The lowest BCUT2D eigenvalue weighted by Gasteiger charge is -2.14. The number of hydrogen-bond acceptors (Lipinski definition) is 6. The molecule has 0 N–H and O–H groups in total. The maximum Gasteiger partial charge on any atom is 0.338 e. The second-order valence-corrected chi connectivity index (χ2v) is 8.18. The monoisotopic (exact) mass is 393 g/mol. The molecule has 0 atom stereocenters. The van der Waals surface area contributed by atoms with E-state index in [2.05, 4.69) is 0 Å². The van der Waals surface area contributed by atoms with Crippen LogP contribution in [-0.2, 0) is 21.4 Å². The van der Waals surface area contributed by atoms with Crippen molar-refractivity contribution in [3.8, 4) is 11.5 Å². The van der Waals surface area contributed by atoms with Gasteiger partial charge in [0, 0.05) is 14.1 Å². The minimum Gasteiger partial charge on any atom is -0.493 e. The number of sulfonamides is 1. The van der Waals surface area contributed by atoms with Gasteiger partial charge < -0.3 is 14.2 Å². The molecule has 0 heterocycles. The van der Waals surface area contributed by atoms with Gasteiger partial charge in [-0.15, -0.1) is 0 Å². The first-order valence-corrected chi connectivity index (χ1v) is 9.56. The molecule has 8 heteroatoms. The van der Waals surface area contributed by atoms with Gasteiger partial charge in [-0.05, 0) is 42.3 Å². The number of nitrogens with zero attached hydrogens (tertiary/aromatic N) is 1. The average molecular weight is 393 g/mol. The van der Waals surface area contributed by atoms with Gasteiger partial charge in [0.1, 0.15) is 6.61 Å². The zero-order valence-electron chi connectivity index (χ0n) is 16.0. The molecule has 0 radical (unpaired) electrons. The molecule has 0 saturated heterocycles. The van der Waals surface area contributed by atoms with Crippen molar-refractivity contribution in [2.24, 2.45) is 0 Å². The van der Waals surface area contributed by atoms with E-state index in [1.165, 1.54) is 40.4 Å². The van der Waals surface area contributed by atoms with E-state index >= 15 is 0 Å². The molecular weight excluding hydrogens is 370 g/mol. The second-order valence-electron chi connectivity index (χ2n) is 6.03. The van der Waals surface area contributed by atoms with E-state index in [4.69, 9.17) is 14.2 Å². The summed E-state index contributed by atoms with van der Waals surface area (Å²) >= 11 is 0. The number of benzene rings is 2. The van der Waals surface area contributed by atoms with Crippen LogP contribution in [0.25, 0.3) is 0 Å². The molecule has 27 heavy (non-hydrogen) atoms. The summed E-state index contributed by atoms with van der Waals surface area (Å²) in [6.07, 6.45) is 0. The highest BCUT2D eigenvalue weighted by molar-refractivity contribution is 7.89. The normalized spacial score (nSPS) is 11.3. The van der Waals surface area contributed by atoms with Crippen molar-refractivity contribution >= 4 is 16.0 Å². The van der Waals surface area contributed by atoms with Gasteiger partial charge in [-0.2, -0.15) is 0 Å². The van der Waals surface area contributed by atoms with Gasteiger partial charge in [0.25, 0.3) is 0 Å². The predicted octanol–water partition coefficient (Wildman–Crippen LogP) is 2.62. The Morgan fingerprint density at radius 2 is 1.67 bits per heavy atom. The van der Waals surface area contributed by atoms with Gasteiger partial charge in [0.05, 0.1) is 24.7 Å². The van der Waals surface area contributed by atoms with Crippen LogP contribution in [0.4, 0.5) is 0 Å². The largest absolute Gasteiger partial charge is 0.493 e. The van der Waals surface area contributed by atoms with Crippen LogP contribution in [0.15, 0.2) is 41.3 Å². The molecule has 0 spiro atoms. The molecule has 146 valence electrons. The minimum atomic E-state index is -3.64. The summed E-state index contributed by atoms with van der Waals surface area (Å²) in [5.41, 5.74) is 1.55. The summed E-state index contributed by atoms with van der Waals surface area (Å²) in [4.78, 5) is 12.5. The zero-order chi connectivity index (χ0) is 20.2. The fourth-order valence-corrected chi connectivity index (χ4v) is 3.32. The van der Waals surface area contributed by atoms with Gasteiger partial charge in [-0.3, -0.25) is 0 Å². The van der Waals surface area contributed by atoms with E-state index in [-0.39, 0.29) is 17.1 Å². The van der Waals surface area contributed by atoms with Gasteiger partial charge in [0.2, 0.25) is 10.0 Å². The number of carbonyl (C=O) groups is 1. The molecule has 2 aromatic rings. The first-order chi connectivity index (χ1) is 12.7. The third-order valence-corrected chi connectivity index (χ3v) is 5.84. The number of hydrogen-bond donors (Lipinski definition) is 0. The maximum absolute atomic E-state index is 12.5. The molecule has 0 fully saturated rings. The van der Waals surface area contributed by atoms with Crippen LogP contribution in [0, 0.1) is 6.92 Å². The van der Waals surface area contributed by atoms with Crippen molar-refractivity contribution in [2.75, 3.05) is 28.3 Å². The summed E-state index contributed by atoms with van der Waals surface area (Å²) < 4.78 is 41.4. The first-order valence-electron chi connectivity index (χ1n) is 8.12. The molecule has 0 unspecified atom stereocenters. The van der Waals surface area contributed by atoms with E-state index in [0.29, 0.717) is 17.1 Å². The number of ether oxygens (including phenoxy) is 3. The lowest BCUT2D eigenvalue weighted by molar-refractivity contribution is 0.0471. The van der Waals surface area contributed by atoms with E-state index in [1.807, 2.05) is 0 Å². The predicted molar refractivity (Wildman–Crippen MR) is 101 cm³/mol. The van der Waals surface area contributed by atoms with Crippen molar-refractivity contribution in [2.45, 2.75) is 18.4 Å². The number of rotatable bonds is 7. The molecule has 7 nitrogen and oxygen atoms in total. The fraction of sp³-hybridized carbons (Fsp3) is 0.316. The Morgan fingerprint density at radius 1 is 1.00 bits per heavy atom. The highest BCUT2D eigenvalue weighted by Gasteiger charge is 2.21. The van der Waals surface area contributed by atoms with Gasteiger partial charge in [0.15, 0.2) is 11.5 Å². The van der Waals surface area contributed by atoms with Crippen LogP contribution in [0.2, 0.25) is 0 Å². The standard InChI is InChI=1S/C19H23NO6S/c1-13-6-8-15(27(22,23)20(2)3)11-16(13)19(21)26-12-14-7-9-17(24-4)18(10-14)25-5/h6-11H,12H2,1-5H3. The molecule has 0 saturated carbocycles. The van der Waals surface area contributed by atoms with Gasteiger partial charge in [-0.25, -0.2) is 17.5 Å². The Morgan fingerprint density at radius 3 is 2.26 bits per heavy atom. The lowest BCUT2D eigenvalue weighted by atomic mass is 10.1. The van der Waals surface area contributed by atoms with Crippen LogP contribution in [0.5, 0.6) is 11.5 Å². The summed E-state index contributed by atoms with van der Waals surface area (Å²) in [5.74, 6) is 0.504. The fourth-order valence-electron chi connectivity index (χ4n) is 2.39. The summed E-state index contributed by atoms with van der Waals surface area (Å²) in [7, 11) is 2.29. The number of aryl methyl sites for hydroxylation is 1. The molecule has 2 rings (SSSR count). The minimum absolute atomic E-state index is 0.0171. The van der Waals surface area contributed by atoms with Gasteiger partial charge >= 0.3 is 5.97 Å². The van der Waals surface area contributed by atoms with Crippen LogP contribution in [0.1, 0.15) is 21.5 Å². The van der Waals surface area contributed by atoms with Crippen molar-refractivity contribution in [1.29, 1.82) is 0 Å². The molecule has 2 aromatic carbocycles. The smallest absolute Gasteiger partial charge is 0.338 e. The number of methoxy groups -OCH3 is 2. The molecule has 0 aliphatic carbocycles. The quantitative estimate of drug-likeness (QED) is 0.673. The van der Waals surface area contributed by atoms with Gasteiger partial charge in [-0.1, -0.05) is 12.1 Å². The van der Waals surface area contributed by atoms with E-state index in [0.717, 1.165) is 9.87 Å². The molecule has 0 aliphatic rings. The Labute approximate surface area is 159 Å². The lowest BCUT2D eigenvalue weighted by Crippen LogP contribution is -2.22. The Hall–Kier alpha value is -2.58. The van der Waals surface area contributed by atoms with Crippen LogP contribution < -0.4 is 9.47 Å². The number of carbonyl (C=O) groups excluding carboxylic acids is 1. The molecular formula is C19H23NO6S. The summed E-state index contributed by atoms with van der Waals surface area (Å²) in [6, 6.07) is 9.58. The van der Waals surface area contributed by atoms with Crippen LogP contribution in [0.3, 0.4) is 0 Å². The van der Waals surface area contributed by atoms with E-state index < -0.39 is 16.0 Å². The Bertz CT molecular complexity index is 937. The highest BCUT2D eigenvalue weighted by Crippen LogP contribution is 2.28. The summed E-state index contributed by atoms with van der Waals surface area (Å²) in [5, 5.41) is 0. The first kappa shape index (κ1) is 20.7. The maximum atomic E-state index is 12.5. The Kier molecular flexibility index (Phi) is 6.45. The summed E-state index contributed by atoms with van der Waals surface area (Å²) in [6.45, 7) is 1.74. The molecule has 0 amide bonds. The van der Waals surface area contributed by atoms with E-state index in [9.17, 15) is 13.2 Å². The van der Waals surface area contributed by atoms with Crippen LogP contribution in [-0.4, -0.2) is 47.0 Å². The van der Waals surface area contributed by atoms with Crippen molar-refractivity contribution in [1.82, 2.24) is 4.31 Å². The molecule has 0 aromatic heterocycles. The SMILES string of the molecule is COc1ccc(COC(=O)c2cc(S(=O)(=O)N(C)C)ccc2C)cc1OC. The van der Waals surface area contributed by atoms with Crippen LogP contribution >= 0.6 is 0 Å². The average Bonchev–Trinajstić information content (AvgIpc) is 2.65. The van der Waals surface area contributed by atoms with E-state index in [1.54, 1.807) is 31.2 Å². The Balaban J connectivity index is 2.21. The highest BCUT2D eigenvalue weighted by atomic mass is 32.2. The topological polar surface area (TPSA) is 82.1 Å².